The largest absolute Gasteiger partial charge is 0.462 e. The van der Waals surface area contributed by atoms with E-state index in [0.717, 1.165) is 44.7 Å². The van der Waals surface area contributed by atoms with Crippen LogP contribution in [0.15, 0.2) is 11.1 Å². The van der Waals surface area contributed by atoms with Gasteiger partial charge >= 0.3 is 5.97 Å². The second kappa shape index (κ2) is 10.5. The molecular formula is C35H57NO3. The molecule has 0 N–H and O–H groups in total. The maximum Gasteiger partial charge on any atom is 0.302 e. The molecular weight excluding hydrogens is 482 g/mol. The molecule has 1 heterocycles. The summed E-state index contributed by atoms with van der Waals surface area (Å²) in [5.41, 5.74) is 4.53. The van der Waals surface area contributed by atoms with E-state index in [0.29, 0.717) is 28.6 Å². The van der Waals surface area contributed by atoms with Crippen LogP contribution in [0.4, 0.5) is 0 Å². The van der Waals surface area contributed by atoms with Crippen molar-refractivity contribution >= 4 is 11.9 Å². The van der Waals surface area contributed by atoms with Crippen molar-refractivity contribution in [3.05, 3.63) is 11.1 Å². The molecule has 4 aliphatic carbocycles. The van der Waals surface area contributed by atoms with Gasteiger partial charge in [-0.3, -0.25) is 9.59 Å². The van der Waals surface area contributed by atoms with Crippen LogP contribution in [0.3, 0.4) is 0 Å². The second-order valence-corrected chi connectivity index (χ2v) is 15.6. The Kier molecular flexibility index (Phi) is 7.86. The van der Waals surface area contributed by atoms with Crippen LogP contribution in [0.25, 0.3) is 0 Å². The predicted octanol–water partition coefficient (Wildman–Crippen LogP) is 8.49. The molecule has 1 amide bonds. The molecule has 1 aliphatic heterocycles. The zero-order valence-electron chi connectivity index (χ0n) is 26.3. The van der Waals surface area contributed by atoms with Crippen LogP contribution in [-0.2, 0) is 14.3 Å². The van der Waals surface area contributed by atoms with Crippen LogP contribution in [0, 0.1) is 39.4 Å². The molecule has 2 saturated carbocycles. The Morgan fingerprint density at radius 2 is 1.64 bits per heavy atom. The van der Waals surface area contributed by atoms with Gasteiger partial charge in [-0.1, -0.05) is 52.7 Å². The third-order valence-electron chi connectivity index (χ3n) is 13.5. The molecule has 0 spiro atoms. The SMILES string of the molecule is CC(=O)O[C@H]1CC[C@]2(C)C3=C(CC[C@H]2C1(C)C)[C@]1(C)CC[C@H]([C@H](C)CCCC(=O)N2CCCCC2)[C@@]1(C)CC3. The smallest absolute Gasteiger partial charge is 0.302 e. The summed E-state index contributed by atoms with van der Waals surface area (Å²) in [5, 5.41) is 0. The van der Waals surface area contributed by atoms with E-state index in [2.05, 4.69) is 46.4 Å². The van der Waals surface area contributed by atoms with Crippen LogP contribution in [-0.4, -0.2) is 36.0 Å². The minimum absolute atomic E-state index is 0.0111. The highest BCUT2D eigenvalue weighted by Crippen LogP contribution is 2.72. The molecule has 5 rings (SSSR count). The number of allylic oxidation sites excluding steroid dienone is 2. The van der Waals surface area contributed by atoms with Gasteiger partial charge in [-0.05, 0) is 117 Å². The van der Waals surface area contributed by atoms with Crippen molar-refractivity contribution in [3.8, 4) is 0 Å². The monoisotopic (exact) mass is 539 g/mol. The molecule has 4 nitrogen and oxygen atoms in total. The summed E-state index contributed by atoms with van der Waals surface area (Å²) in [4.78, 5) is 26.8. The van der Waals surface area contributed by atoms with E-state index in [9.17, 15) is 9.59 Å². The summed E-state index contributed by atoms with van der Waals surface area (Å²) in [6, 6.07) is 0. The summed E-state index contributed by atoms with van der Waals surface area (Å²) in [6.07, 6.45) is 16.5. The Morgan fingerprint density at radius 1 is 0.923 bits per heavy atom. The third kappa shape index (κ3) is 4.72. The summed E-state index contributed by atoms with van der Waals surface area (Å²) in [5.74, 6) is 2.27. The van der Waals surface area contributed by atoms with Gasteiger partial charge < -0.3 is 9.64 Å². The lowest BCUT2D eigenvalue weighted by Crippen LogP contribution is -2.55. The van der Waals surface area contributed by atoms with E-state index >= 15 is 0 Å². The Bertz CT molecular complexity index is 992. The topological polar surface area (TPSA) is 46.6 Å². The second-order valence-electron chi connectivity index (χ2n) is 15.6. The van der Waals surface area contributed by atoms with Crippen molar-refractivity contribution in [1.82, 2.24) is 4.90 Å². The van der Waals surface area contributed by atoms with Gasteiger partial charge in [0.2, 0.25) is 5.91 Å². The van der Waals surface area contributed by atoms with Crippen molar-refractivity contribution in [3.63, 3.8) is 0 Å². The van der Waals surface area contributed by atoms with Gasteiger partial charge in [-0.25, -0.2) is 0 Å². The fourth-order valence-electron chi connectivity index (χ4n) is 11.1. The van der Waals surface area contributed by atoms with E-state index in [4.69, 9.17) is 4.74 Å². The van der Waals surface area contributed by atoms with Crippen molar-refractivity contribution in [2.75, 3.05) is 13.1 Å². The van der Waals surface area contributed by atoms with Crippen molar-refractivity contribution in [2.24, 2.45) is 39.4 Å². The van der Waals surface area contributed by atoms with E-state index in [1.165, 1.54) is 64.2 Å². The Hall–Kier alpha value is -1.32. The first kappa shape index (κ1) is 29.2. The van der Waals surface area contributed by atoms with Crippen LogP contribution in [0.2, 0.25) is 0 Å². The molecule has 39 heavy (non-hydrogen) atoms. The van der Waals surface area contributed by atoms with Gasteiger partial charge in [-0.15, -0.1) is 0 Å². The number of nitrogens with zero attached hydrogens (tertiary/aromatic N) is 1. The summed E-state index contributed by atoms with van der Waals surface area (Å²) >= 11 is 0. The molecule has 1 saturated heterocycles. The van der Waals surface area contributed by atoms with Crippen LogP contribution in [0.1, 0.15) is 138 Å². The number of carbonyl (C=O) groups excluding carboxylic acids is 2. The number of hydrogen-bond donors (Lipinski definition) is 0. The van der Waals surface area contributed by atoms with Crippen LogP contribution >= 0.6 is 0 Å². The minimum atomic E-state index is -0.129. The van der Waals surface area contributed by atoms with Crippen molar-refractivity contribution < 1.29 is 14.3 Å². The first-order chi connectivity index (χ1) is 18.3. The van der Waals surface area contributed by atoms with Crippen molar-refractivity contribution in [2.45, 2.75) is 144 Å². The number of hydrogen-bond acceptors (Lipinski definition) is 3. The maximum atomic E-state index is 12.8. The minimum Gasteiger partial charge on any atom is -0.462 e. The number of esters is 1. The molecule has 4 heteroatoms. The lowest BCUT2D eigenvalue weighted by molar-refractivity contribution is -0.167. The summed E-state index contributed by atoms with van der Waals surface area (Å²) in [6.45, 7) is 18.6. The molecule has 0 aromatic heterocycles. The fraction of sp³-hybridized carbons (Fsp3) is 0.886. The number of rotatable bonds is 6. The highest BCUT2D eigenvalue weighted by molar-refractivity contribution is 5.76. The molecule has 3 fully saturated rings. The number of piperidine rings is 1. The van der Waals surface area contributed by atoms with Gasteiger partial charge in [0.25, 0.3) is 0 Å². The van der Waals surface area contributed by atoms with E-state index in [-0.39, 0.29) is 22.9 Å². The van der Waals surface area contributed by atoms with Crippen molar-refractivity contribution in [1.29, 1.82) is 0 Å². The Balaban J connectivity index is 1.30. The number of fused-ring (bicyclic) bond motifs is 4. The molecule has 7 atom stereocenters. The fourth-order valence-corrected chi connectivity index (χ4v) is 11.1. The number of carbonyl (C=O) groups is 2. The zero-order chi connectivity index (χ0) is 28.2. The highest BCUT2D eigenvalue weighted by atomic mass is 16.5. The van der Waals surface area contributed by atoms with E-state index in [1.807, 2.05) is 5.57 Å². The Morgan fingerprint density at radius 3 is 2.33 bits per heavy atom. The highest BCUT2D eigenvalue weighted by Gasteiger charge is 2.63. The van der Waals surface area contributed by atoms with Gasteiger partial charge in [0.05, 0.1) is 0 Å². The number of ether oxygens (including phenoxy) is 1. The van der Waals surface area contributed by atoms with Gasteiger partial charge in [0.1, 0.15) is 6.10 Å². The molecule has 0 aromatic carbocycles. The first-order valence-electron chi connectivity index (χ1n) is 16.5. The molecule has 0 radical (unpaired) electrons. The standard InChI is InChI=1S/C35H57NO3/c1-24(12-11-13-31(38)36-22-9-8-10-23-36)26-16-20-35(7)28-14-15-29-32(3,4)30(39-25(2)37)18-19-33(29,5)27(28)17-21-34(26,35)6/h24,26,29-30H,8-23H2,1-7H3/t24-,26-,29+,30+,33-,34-,35+/m1/s1. The molecule has 220 valence electrons. The lowest BCUT2D eigenvalue weighted by atomic mass is 9.43. The van der Waals surface area contributed by atoms with Gasteiger partial charge in [-0.2, -0.15) is 0 Å². The van der Waals surface area contributed by atoms with Gasteiger partial charge in [0.15, 0.2) is 0 Å². The van der Waals surface area contributed by atoms with Crippen LogP contribution in [0.5, 0.6) is 0 Å². The first-order valence-corrected chi connectivity index (χ1v) is 16.5. The molecule has 5 aliphatic rings. The summed E-state index contributed by atoms with van der Waals surface area (Å²) < 4.78 is 5.88. The maximum absolute atomic E-state index is 12.8. The average molecular weight is 540 g/mol. The van der Waals surface area contributed by atoms with E-state index in [1.54, 1.807) is 12.5 Å². The normalized spacial score (nSPS) is 40.4. The number of likely N-dealkylation sites (tertiary alicyclic amines) is 1. The Labute approximate surface area is 239 Å². The predicted molar refractivity (Wildman–Crippen MR) is 158 cm³/mol. The lowest BCUT2D eigenvalue weighted by Gasteiger charge is -2.62. The van der Waals surface area contributed by atoms with E-state index < -0.39 is 0 Å². The van der Waals surface area contributed by atoms with Crippen LogP contribution < -0.4 is 0 Å². The molecule has 0 unspecified atom stereocenters. The average Bonchev–Trinajstić information content (AvgIpc) is 3.17. The quantitative estimate of drug-likeness (QED) is 0.251. The third-order valence-corrected chi connectivity index (χ3v) is 13.5. The number of amides is 1. The zero-order valence-corrected chi connectivity index (χ0v) is 26.3. The molecule has 0 bridgehead atoms. The molecule has 0 aromatic rings. The summed E-state index contributed by atoms with van der Waals surface area (Å²) in [7, 11) is 0. The van der Waals surface area contributed by atoms with Gasteiger partial charge in [0, 0.05) is 31.8 Å².